The summed E-state index contributed by atoms with van der Waals surface area (Å²) in [5.74, 6) is 0.0841. The van der Waals surface area contributed by atoms with E-state index in [0.717, 1.165) is 50.9 Å². The first-order valence-corrected chi connectivity index (χ1v) is 12.9. The zero-order valence-corrected chi connectivity index (χ0v) is 20.7. The van der Waals surface area contributed by atoms with Crippen molar-refractivity contribution >= 4 is 23.8 Å². The van der Waals surface area contributed by atoms with Gasteiger partial charge in [0.05, 0.1) is 18.1 Å². The molecule has 0 bridgehead atoms. The molecule has 2 saturated heterocycles. The molecule has 3 aliphatic rings. The molecule has 2 N–H and O–H groups in total. The van der Waals surface area contributed by atoms with E-state index in [1.54, 1.807) is 11.8 Å². The second-order valence-electron chi connectivity index (χ2n) is 9.68. The van der Waals surface area contributed by atoms with Crippen LogP contribution < -0.4 is 15.5 Å². The van der Waals surface area contributed by atoms with Gasteiger partial charge < -0.3 is 24.8 Å². The van der Waals surface area contributed by atoms with Gasteiger partial charge in [-0.25, -0.2) is 9.59 Å². The molecule has 35 heavy (non-hydrogen) atoms. The maximum Gasteiger partial charge on any atom is 0.511 e. The van der Waals surface area contributed by atoms with E-state index >= 15 is 0 Å². The number of ether oxygens (including phenoxy) is 3. The molecule has 2 atom stereocenters. The summed E-state index contributed by atoms with van der Waals surface area (Å²) < 4.78 is 15.5. The van der Waals surface area contributed by atoms with E-state index in [0.29, 0.717) is 25.3 Å². The fourth-order valence-electron chi connectivity index (χ4n) is 5.74. The normalized spacial score (nSPS) is 23.3. The SMILES string of the molecule is CCOC(=O)OC(C)OC(=O)C1(C2CNC(=O)N2c2ccc(C3CCNCC3)cc2)CCCCC1. The Hall–Kier alpha value is -2.81. The molecule has 1 aliphatic carbocycles. The molecule has 2 amide bonds. The van der Waals surface area contributed by atoms with Crippen LogP contribution in [0.5, 0.6) is 0 Å². The number of rotatable bonds is 7. The van der Waals surface area contributed by atoms with Crippen LogP contribution in [0.3, 0.4) is 0 Å². The number of nitrogens with one attached hydrogen (secondary N) is 2. The van der Waals surface area contributed by atoms with Crippen LogP contribution in [0, 0.1) is 5.41 Å². The predicted octanol–water partition coefficient (Wildman–Crippen LogP) is 4.06. The minimum absolute atomic E-state index is 0.171. The maximum absolute atomic E-state index is 13.6. The fraction of sp³-hybridized carbons (Fsp3) is 0.654. The molecule has 3 fully saturated rings. The lowest BCUT2D eigenvalue weighted by molar-refractivity contribution is -0.183. The zero-order valence-electron chi connectivity index (χ0n) is 20.7. The van der Waals surface area contributed by atoms with Gasteiger partial charge in [-0.05, 0) is 69.3 Å². The summed E-state index contributed by atoms with van der Waals surface area (Å²) in [7, 11) is 0. The smallest absolute Gasteiger partial charge is 0.435 e. The number of esters is 1. The Labute approximate surface area is 206 Å². The third-order valence-electron chi connectivity index (χ3n) is 7.55. The Kier molecular flexibility index (Phi) is 8.15. The number of nitrogens with zero attached hydrogens (tertiary/aromatic N) is 1. The topological polar surface area (TPSA) is 106 Å². The Bertz CT molecular complexity index is 893. The van der Waals surface area contributed by atoms with E-state index in [4.69, 9.17) is 14.2 Å². The van der Waals surface area contributed by atoms with Crippen molar-refractivity contribution in [3.05, 3.63) is 29.8 Å². The lowest BCUT2D eigenvalue weighted by atomic mass is 9.68. The van der Waals surface area contributed by atoms with E-state index in [-0.39, 0.29) is 18.7 Å². The average Bonchev–Trinajstić information content (AvgIpc) is 3.26. The first-order valence-electron chi connectivity index (χ1n) is 12.9. The molecule has 9 nitrogen and oxygen atoms in total. The Morgan fingerprint density at radius 1 is 1.09 bits per heavy atom. The first kappa shape index (κ1) is 25.3. The lowest BCUT2D eigenvalue weighted by Gasteiger charge is -2.42. The van der Waals surface area contributed by atoms with Gasteiger partial charge in [0.25, 0.3) is 0 Å². The first-order chi connectivity index (χ1) is 16.9. The van der Waals surface area contributed by atoms with Gasteiger partial charge in [0, 0.05) is 19.2 Å². The van der Waals surface area contributed by atoms with Gasteiger partial charge in [-0.2, -0.15) is 0 Å². The maximum atomic E-state index is 13.6. The van der Waals surface area contributed by atoms with Crippen molar-refractivity contribution in [1.82, 2.24) is 10.6 Å². The highest BCUT2D eigenvalue weighted by molar-refractivity contribution is 5.97. The third-order valence-corrected chi connectivity index (χ3v) is 7.55. The van der Waals surface area contributed by atoms with Crippen LogP contribution in [0.15, 0.2) is 24.3 Å². The van der Waals surface area contributed by atoms with Gasteiger partial charge in [0.2, 0.25) is 6.29 Å². The summed E-state index contributed by atoms with van der Waals surface area (Å²) >= 11 is 0. The molecule has 192 valence electrons. The summed E-state index contributed by atoms with van der Waals surface area (Å²) in [6, 6.07) is 7.60. The van der Waals surface area contributed by atoms with Crippen LogP contribution in [0.2, 0.25) is 0 Å². The van der Waals surface area contributed by atoms with Crippen molar-refractivity contribution in [3.63, 3.8) is 0 Å². The van der Waals surface area contributed by atoms with Crippen molar-refractivity contribution in [2.24, 2.45) is 5.41 Å². The van der Waals surface area contributed by atoms with Gasteiger partial charge >= 0.3 is 18.2 Å². The summed E-state index contributed by atoms with van der Waals surface area (Å²) in [5, 5.41) is 6.33. The van der Waals surface area contributed by atoms with Gasteiger partial charge in [-0.3, -0.25) is 9.69 Å². The molecule has 2 unspecified atom stereocenters. The predicted molar refractivity (Wildman–Crippen MR) is 130 cm³/mol. The fourth-order valence-corrected chi connectivity index (χ4v) is 5.74. The largest absolute Gasteiger partial charge is 0.511 e. The number of anilines is 1. The van der Waals surface area contributed by atoms with E-state index in [1.807, 2.05) is 12.1 Å². The molecule has 0 radical (unpaired) electrons. The van der Waals surface area contributed by atoms with E-state index in [1.165, 1.54) is 12.5 Å². The van der Waals surface area contributed by atoms with Crippen LogP contribution in [0.25, 0.3) is 0 Å². The van der Waals surface area contributed by atoms with E-state index in [9.17, 15) is 14.4 Å². The Balaban J connectivity index is 1.54. The summed E-state index contributed by atoms with van der Waals surface area (Å²) in [6.45, 7) is 5.74. The standard InChI is InChI=1S/C26H37N3O6/c1-3-33-25(32)35-18(2)34-23(30)26(13-5-4-6-14-26)22-17-28-24(31)29(22)21-9-7-19(8-10-21)20-11-15-27-16-12-20/h7-10,18,20,22,27H,3-6,11-17H2,1-2H3,(H,28,31). The van der Waals surface area contributed by atoms with Crippen molar-refractivity contribution in [2.45, 2.75) is 77.0 Å². The van der Waals surface area contributed by atoms with Crippen LogP contribution >= 0.6 is 0 Å². The van der Waals surface area contributed by atoms with Gasteiger partial charge in [0.1, 0.15) is 0 Å². The number of carbonyl (C=O) groups is 3. The lowest BCUT2D eigenvalue weighted by Crippen LogP contribution is -2.53. The number of carbonyl (C=O) groups excluding carboxylic acids is 3. The highest BCUT2D eigenvalue weighted by Gasteiger charge is 2.54. The summed E-state index contributed by atoms with van der Waals surface area (Å²) in [4.78, 5) is 39.9. The molecule has 0 aromatic heterocycles. The molecule has 9 heteroatoms. The quantitative estimate of drug-likeness (QED) is 0.441. The Morgan fingerprint density at radius 3 is 2.43 bits per heavy atom. The Morgan fingerprint density at radius 2 is 1.77 bits per heavy atom. The molecular formula is C26H37N3O6. The second-order valence-corrected chi connectivity index (χ2v) is 9.68. The van der Waals surface area contributed by atoms with E-state index in [2.05, 4.69) is 22.8 Å². The summed E-state index contributed by atoms with van der Waals surface area (Å²) in [6.07, 6.45) is 4.25. The molecule has 2 aliphatic heterocycles. The average molecular weight is 488 g/mol. The molecule has 2 heterocycles. The monoisotopic (exact) mass is 487 g/mol. The zero-order chi connectivity index (χ0) is 24.8. The highest BCUT2D eigenvalue weighted by atomic mass is 16.8. The minimum Gasteiger partial charge on any atom is -0.435 e. The van der Waals surface area contributed by atoms with E-state index < -0.39 is 23.8 Å². The molecule has 4 rings (SSSR count). The number of piperidine rings is 1. The van der Waals surface area contributed by atoms with Gasteiger partial charge in [-0.15, -0.1) is 0 Å². The number of urea groups is 1. The number of hydrogen-bond donors (Lipinski definition) is 2. The second kappa shape index (κ2) is 11.3. The number of hydrogen-bond acceptors (Lipinski definition) is 7. The number of amides is 2. The van der Waals surface area contributed by atoms with Crippen molar-refractivity contribution in [2.75, 3.05) is 31.1 Å². The van der Waals surface area contributed by atoms with Crippen LogP contribution in [-0.4, -0.2) is 56.7 Å². The van der Waals surface area contributed by atoms with Crippen LogP contribution in [0.1, 0.15) is 70.3 Å². The van der Waals surface area contributed by atoms with Crippen molar-refractivity contribution in [1.29, 1.82) is 0 Å². The van der Waals surface area contributed by atoms with Gasteiger partial charge in [0.15, 0.2) is 0 Å². The molecule has 0 spiro atoms. The third kappa shape index (κ3) is 5.55. The summed E-state index contributed by atoms with van der Waals surface area (Å²) in [5.41, 5.74) is 1.18. The van der Waals surface area contributed by atoms with Gasteiger partial charge in [-0.1, -0.05) is 31.4 Å². The number of benzene rings is 1. The highest BCUT2D eigenvalue weighted by Crippen LogP contribution is 2.45. The molecule has 1 aromatic carbocycles. The van der Waals surface area contributed by atoms with Crippen molar-refractivity contribution < 1.29 is 28.6 Å². The van der Waals surface area contributed by atoms with Crippen LogP contribution in [0.4, 0.5) is 15.3 Å². The minimum atomic E-state index is -1.08. The van der Waals surface area contributed by atoms with Crippen molar-refractivity contribution in [3.8, 4) is 0 Å². The van der Waals surface area contributed by atoms with Crippen LogP contribution in [-0.2, 0) is 19.0 Å². The molecular weight excluding hydrogens is 450 g/mol. The molecule has 1 aromatic rings. The molecule has 1 saturated carbocycles.